The topological polar surface area (TPSA) is 43.4 Å². The molecule has 0 radical (unpaired) electrons. The fourth-order valence-electron chi connectivity index (χ4n) is 0.883. The maximum absolute atomic E-state index is 11.1. The lowest BCUT2D eigenvalue weighted by Gasteiger charge is -2.01. The first-order chi connectivity index (χ1) is 6.19. The van der Waals surface area contributed by atoms with Crippen molar-refractivity contribution in [1.82, 2.24) is 0 Å². The van der Waals surface area contributed by atoms with Crippen LogP contribution in [-0.2, 0) is 4.74 Å². The van der Waals surface area contributed by atoms with E-state index in [2.05, 4.69) is 4.74 Å². The highest BCUT2D eigenvalue weighted by Crippen LogP contribution is 2.17. The second kappa shape index (κ2) is 4.05. The predicted octanol–water partition coefficient (Wildman–Crippen LogP) is 1.94. The Bertz CT molecular complexity index is 347. The van der Waals surface area contributed by atoms with Crippen molar-refractivity contribution in [2.45, 2.75) is 0 Å². The van der Waals surface area contributed by atoms with Gasteiger partial charge in [0.25, 0.3) is 0 Å². The molecule has 1 aromatic carbocycles. The smallest absolute Gasteiger partial charge is 0.339 e. The average Bonchev–Trinajstić information content (AvgIpc) is 2.17. The van der Waals surface area contributed by atoms with Crippen LogP contribution >= 0.6 is 11.6 Å². The van der Waals surface area contributed by atoms with Crippen LogP contribution in [-0.4, -0.2) is 19.4 Å². The van der Waals surface area contributed by atoms with Crippen LogP contribution in [0.4, 0.5) is 0 Å². The maximum atomic E-state index is 11.1. The van der Waals surface area contributed by atoms with Crippen molar-refractivity contribution in [3.05, 3.63) is 34.3 Å². The van der Waals surface area contributed by atoms with E-state index in [9.17, 15) is 9.59 Å². The summed E-state index contributed by atoms with van der Waals surface area (Å²) in [5.74, 6) is -0.547. The van der Waals surface area contributed by atoms with Crippen molar-refractivity contribution in [2.24, 2.45) is 0 Å². The molecule has 0 aliphatic heterocycles. The summed E-state index contributed by atoms with van der Waals surface area (Å²) in [5.41, 5.74) is 0.596. The molecule has 0 N–H and O–H groups in total. The molecule has 4 heteroatoms. The third kappa shape index (κ3) is 2.06. The molecule has 3 nitrogen and oxygen atoms in total. The van der Waals surface area contributed by atoms with Gasteiger partial charge in [0.1, 0.15) is 6.29 Å². The van der Waals surface area contributed by atoms with Crippen molar-refractivity contribution in [1.29, 1.82) is 0 Å². The number of hydrogen-bond acceptors (Lipinski definition) is 3. The van der Waals surface area contributed by atoms with Gasteiger partial charge in [-0.1, -0.05) is 17.7 Å². The van der Waals surface area contributed by atoms with Crippen LogP contribution in [0.25, 0.3) is 0 Å². The van der Waals surface area contributed by atoms with E-state index in [1.165, 1.54) is 25.3 Å². The summed E-state index contributed by atoms with van der Waals surface area (Å²) < 4.78 is 4.48. The molecule has 0 spiro atoms. The normalized spacial score (nSPS) is 9.38. The lowest BCUT2D eigenvalue weighted by atomic mass is 10.1. The largest absolute Gasteiger partial charge is 0.465 e. The molecule has 0 aliphatic rings. The van der Waals surface area contributed by atoms with Crippen LogP contribution in [0, 0.1) is 0 Å². The Balaban J connectivity index is 3.18. The van der Waals surface area contributed by atoms with Crippen LogP contribution in [0.3, 0.4) is 0 Å². The molecule has 1 rings (SSSR count). The number of carbonyl (C=O) groups is 2. The van der Waals surface area contributed by atoms with E-state index < -0.39 is 5.97 Å². The quantitative estimate of drug-likeness (QED) is 0.539. The molecule has 0 saturated carbocycles. The molecule has 0 aliphatic carbocycles. The van der Waals surface area contributed by atoms with E-state index in [0.29, 0.717) is 11.8 Å². The lowest BCUT2D eigenvalue weighted by molar-refractivity contribution is 0.0601. The number of methoxy groups -OCH3 is 1. The minimum atomic E-state index is -0.547. The maximum Gasteiger partial charge on any atom is 0.339 e. The van der Waals surface area contributed by atoms with Crippen molar-refractivity contribution >= 4 is 23.9 Å². The summed E-state index contributed by atoms with van der Waals surface area (Å²) in [5, 5.41) is 0.275. The minimum Gasteiger partial charge on any atom is -0.465 e. The molecule has 13 heavy (non-hydrogen) atoms. The summed E-state index contributed by atoms with van der Waals surface area (Å²) in [6, 6.07) is 4.40. The zero-order valence-electron chi connectivity index (χ0n) is 6.91. The highest BCUT2D eigenvalue weighted by atomic mass is 35.5. The van der Waals surface area contributed by atoms with E-state index in [1.54, 1.807) is 0 Å². The fourth-order valence-corrected chi connectivity index (χ4v) is 1.08. The second-order valence-electron chi connectivity index (χ2n) is 2.35. The Hall–Kier alpha value is -1.35. The summed E-state index contributed by atoms with van der Waals surface area (Å²) in [6.07, 6.45) is 0.642. The number of ether oxygens (including phenoxy) is 1. The standard InChI is InChI=1S/C9H7ClO3/c1-13-9(12)7-4-6(5-11)2-3-8(7)10/h2-5H,1H3. The summed E-state index contributed by atoms with van der Waals surface area (Å²) in [4.78, 5) is 21.5. The summed E-state index contributed by atoms with van der Waals surface area (Å²) in [6.45, 7) is 0. The molecule has 0 heterocycles. The SMILES string of the molecule is COC(=O)c1cc(C=O)ccc1Cl. The summed E-state index contributed by atoms with van der Waals surface area (Å²) in [7, 11) is 1.26. The van der Waals surface area contributed by atoms with Gasteiger partial charge in [0.2, 0.25) is 0 Å². The van der Waals surface area contributed by atoms with Crippen LogP contribution in [0.15, 0.2) is 18.2 Å². The number of carbonyl (C=O) groups excluding carboxylic acids is 2. The Morgan fingerprint density at radius 2 is 2.23 bits per heavy atom. The Morgan fingerprint density at radius 3 is 2.77 bits per heavy atom. The summed E-state index contributed by atoms with van der Waals surface area (Å²) >= 11 is 5.71. The zero-order valence-corrected chi connectivity index (χ0v) is 7.67. The first-order valence-corrected chi connectivity index (χ1v) is 3.90. The van der Waals surface area contributed by atoms with E-state index in [-0.39, 0.29) is 10.6 Å². The lowest BCUT2D eigenvalue weighted by Crippen LogP contribution is -2.02. The molecule has 68 valence electrons. The molecule has 1 aromatic rings. The fraction of sp³-hybridized carbons (Fsp3) is 0.111. The Kier molecular flexibility index (Phi) is 3.03. The highest BCUT2D eigenvalue weighted by molar-refractivity contribution is 6.33. The number of rotatable bonds is 2. The molecular weight excluding hydrogens is 192 g/mol. The molecule has 0 bridgehead atoms. The van der Waals surface area contributed by atoms with Gasteiger partial charge >= 0.3 is 5.97 Å². The van der Waals surface area contributed by atoms with Crippen molar-refractivity contribution < 1.29 is 14.3 Å². The zero-order chi connectivity index (χ0) is 9.84. The van der Waals surface area contributed by atoms with Crippen LogP contribution < -0.4 is 0 Å². The third-order valence-electron chi connectivity index (χ3n) is 1.53. The van der Waals surface area contributed by atoms with Gasteiger partial charge in [-0.15, -0.1) is 0 Å². The van der Waals surface area contributed by atoms with Crippen LogP contribution in [0.5, 0.6) is 0 Å². The van der Waals surface area contributed by atoms with Gasteiger partial charge in [-0.3, -0.25) is 4.79 Å². The van der Waals surface area contributed by atoms with Crippen LogP contribution in [0.2, 0.25) is 5.02 Å². The van der Waals surface area contributed by atoms with Gasteiger partial charge in [0.05, 0.1) is 17.7 Å². The van der Waals surface area contributed by atoms with E-state index in [4.69, 9.17) is 11.6 Å². The number of esters is 1. The van der Waals surface area contributed by atoms with Gasteiger partial charge in [0.15, 0.2) is 0 Å². The number of hydrogen-bond donors (Lipinski definition) is 0. The number of benzene rings is 1. The van der Waals surface area contributed by atoms with Crippen molar-refractivity contribution in [3.8, 4) is 0 Å². The van der Waals surface area contributed by atoms with Crippen LogP contribution in [0.1, 0.15) is 20.7 Å². The number of aldehydes is 1. The third-order valence-corrected chi connectivity index (χ3v) is 1.86. The monoisotopic (exact) mass is 198 g/mol. The molecule has 0 atom stereocenters. The van der Waals surface area contributed by atoms with Gasteiger partial charge in [-0.25, -0.2) is 4.79 Å². The van der Waals surface area contributed by atoms with E-state index in [0.717, 1.165) is 0 Å². The molecule has 0 aromatic heterocycles. The highest BCUT2D eigenvalue weighted by Gasteiger charge is 2.10. The van der Waals surface area contributed by atoms with Gasteiger partial charge in [-0.05, 0) is 12.1 Å². The van der Waals surface area contributed by atoms with Crippen molar-refractivity contribution in [2.75, 3.05) is 7.11 Å². The average molecular weight is 199 g/mol. The Labute approximate surface area is 80.3 Å². The van der Waals surface area contributed by atoms with Gasteiger partial charge < -0.3 is 4.74 Å². The predicted molar refractivity (Wildman–Crippen MR) is 48.2 cm³/mol. The molecule has 0 unspecified atom stereocenters. The number of halogens is 1. The van der Waals surface area contributed by atoms with Gasteiger partial charge in [0, 0.05) is 5.56 Å². The molecule has 0 fully saturated rings. The van der Waals surface area contributed by atoms with E-state index >= 15 is 0 Å². The second-order valence-corrected chi connectivity index (χ2v) is 2.76. The molecular formula is C9H7ClO3. The molecule has 0 saturated heterocycles. The van der Waals surface area contributed by atoms with E-state index in [1.807, 2.05) is 0 Å². The van der Waals surface area contributed by atoms with Gasteiger partial charge in [-0.2, -0.15) is 0 Å². The Morgan fingerprint density at radius 1 is 1.54 bits per heavy atom. The molecule has 0 amide bonds. The van der Waals surface area contributed by atoms with Crippen molar-refractivity contribution in [3.63, 3.8) is 0 Å². The first-order valence-electron chi connectivity index (χ1n) is 3.52. The minimum absolute atomic E-state index is 0.203. The first kappa shape index (κ1) is 9.74.